The molecular weight excluding hydrogens is 363 g/mol. The normalized spacial score (nSPS) is 20.2. The molecule has 148 valence electrons. The van der Waals surface area contributed by atoms with Crippen LogP contribution in [0.5, 0.6) is 0 Å². The van der Waals surface area contributed by atoms with E-state index in [1.807, 2.05) is 13.8 Å². The van der Waals surface area contributed by atoms with Crippen LogP contribution in [0.15, 0.2) is 24.3 Å². The van der Waals surface area contributed by atoms with Crippen molar-refractivity contribution in [1.82, 2.24) is 15.5 Å². The number of carbonyl (C=O) groups is 3. The number of imide groups is 1. The number of amides is 4. The average Bonchev–Trinajstić information content (AvgIpc) is 2.83. The number of benzene rings is 1. The van der Waals surface area contributed by atoms with Crippen molar-refractivity contribution in [2.75, 3.05) is 6.54 Å². The predicted octanol–water partition coefficient (Wildman–Crippen LogP) is 2.78. The molecule has 1 unspecified atom stereocenters. The van der Waals surface area contributed by atoms with Gasteiger partial charge >= 0.3 is 12.2 Å². The van der Waals surface area contributed by atoms with Gasteiger partial charge in [0.05, 0.1) is 5.56 Å². The number of carbonyl (C=O) groups excluding carboxylic acids is 3. The molecule has 1 fully saturated rings. The fourth-order valence-corrected chi connectivity index (χ4v) is 2.95. The lowest BCUT2D eigenvalue weighted by Crippen LogP contribution is -2.45. The summed E-state index contributed by atoms with van der Waals surface area (Å²) in [6.07, 6.45) is -3.18. The molecule has 1 atom stereocenters. The number of hydrogen-bond donors (Lipinski definition) is 2. The van der Waals surface area contributed by atoms with Crippen LogP contribution in [0.3, 0.4) is 0 Å². The zero-order chi connectivity index (χ0) is 20.4. The van der Waals surface area contributed by atoms with Gasteiger partial charge in [-0.15, -0.1) is 0 Å². The van der Waals surface area contributed by atoms with Crippen LogP contribution < -0.4 is 10.6 Å². The molecule has 1 aromatic rings. The van der Waals surface area contributed by atoms with Crippen molar-refractivity contribution in [3.63, 3.8) is 0 Å². The first-order chi connectivity index (χ1) is 12.5. The zero-order valence-corrected chi connectivity index (χ0v) is 15.3. The monoisotopic (exact) mass is 385 g/mol. The van der Waals surface area contributed by atoms with E-state index in [0.29, 0.717) is 12.8 Å². The molecule has 1 aromatic carbocycles. The van der Waals surface area contributed by atoms with Crippen molar-refractivity contribution in [2.45, 2.75) is 51.4 Å². The Balaban J connectivity index is 2.23. The quantitative estimate of drug-likeness (QED) is 0.739. The zero-order valence-electron chi connectivity index (χ0n) is 15.3. The first-order valence-corrected chi connectivity index (χ1v) is 8.64. The Labute approximate surface area is 155 Å². The molecule has 27 heavy (non-hydrogen) atoms. The third kappa shape index (κ3) is 4.23. The topological polar surface area (TPSA) is 78.5 Å². The van der Waals surface area contributed by atoms with Gasteiger partial charge in [0.1, 0.15) is 12.1 Å². The van der Waals surface area contributed by atoms with E-state index in [4.69, 9.17) is 0 Å². The average molecular weight is 385 g/mol. The van der Waals surface area contributed by atoms with Crippen molar-refractivity contribution in [3.8, 4) is 0 Å². The first kappa shape index (κ1) is 20.7. The Bertz CT molecular complexity index is 747. The summed E-state index contributed by atoms with van der Waals surface area (Å²) in [7, 11) is 0. The van der Waals surface area contributed by atoms with Crippen molar-refractivity contribution in [1.29, 1.82) is 0 Å². The van der Waals surface area contributed by atoms with Crippen molar-refractivity contribution < 1.29 is 27.6 Å². The van der Waals surface area contributed by atoms with E-state index in [0.717, 1.165) is 17.0 Å². The molecule has 9 heteroatoms. The van der Waals surface area contributed by atoms with Crippen LogP contribution >= 0.6 is 0 Å². The molecule has 1 aliphatic rings. The molecule has 1 heterocycles. The third-order valence-corrected chi connectivity index (χ3v) is 4.69. The molecule has 0 aromatic heterocycles. The number of urea groups is 1. The number of halogens is 3. The van der Waals surface area contributed by atoms with Gasteiger partial charge in [0, 0.05) is 6.04 Å². The van der Waals surface area contributed by atoms with Gasteiger partial charge in [-0.25, -0.2) is 4.79 Å². The highest BCUT2D eigenvalue weighted by Crippen LogP contribution is 2.34. The lowest BCUT2D eigenvalue weighted by Gasteiger charge is -2.23. The van der Waals surface area contributed by atoms with Gasteiger partial charge in [-0.2, -0.15) is 13.2 Å². The number of nitrogens with one attached hydrogen (secondary N) is 2. The standard InChI is InChI=1S/C18H22F3N3O3/c1-4-13(5-2)22-14(25)10-24-15(26)17(3,23-16(24)27)11-7-6-8-12(9-11)18(19,20)21/h6-9,13H,4-5,10H2,1-3H3,(H,22,25)(H,23,27). The summed E-state index contributed by atoms with van der Waals surface area (Å²) in [6, 6.07) is 3.32. The molecule has 2 N–H and O–H groups in total. The van der Waals surface area contributed by atoms with Crippen LogP contribution in [0.2, 0.25) is 0 Å². The number of nitrogens with zero attached hydrogens (tertiary/aromatic N) is 1. The SMILES string of the molecule is CCC(CC)NC(=O)CN1C(=O)NC(C)(c2cccc(C(F)(F)F)c2)C1=O. The largest absolute Gasteiger partial charge is 0.416 e. The van der Waals surface area contributed by atoms with Gasteiger partial charge in [0.2, 0.25) is 5.91 Å². The van der Waals surface area contributed by atoms with E-state index in [1.54, 1.807) is 0 Å². The van der Waals surface area contributed by atoms with Gasteiger partial charge in [-0.05, 0) is 37.5 Å². The molecule has 4 amide bonds. The molecule has 0 saturated carbocycles. The van der Waals surface area contributed by atoms with Crippen molar-refractivity contribution >= 4 is 17.8 Å². The highest BCUT2D eigenvalue weighted by atomic mass is 19.4. The minimum absolute atomic E-state index is 0.00132. The lowest BCUT2D eigenvalue weighted by molar-refractivity contribution is -0.138. The van der Waals surface area contributed by atoms with Crippen molar-refractivity contribution in [2.24, 2.45) is 0 Å². The summed E-state index contributed by atoms with van der Waals surface area (Å²) in [5.41, 5.74) is -2.60. The van der Waals surface area contributed by atoms with Gasteiger partial charge in [-0.1, -0.05) is 26.0 Å². The summed E-state index contributed by atoms with van der Waals surface area (Å²) < 4.78 is 38.9. The maximum atomic E-state index is 13.0. The summed E-state index contributed by atoms with van der Waals surface area (Å²) >= 11 is 0. The fraction of sp³-hybridized carbons (Fsp3) is 0.500. The van der Waals surface area contributed by atoms with Crippen LogP contribution in [0.25, 0.3) is 0 Å². The molecule has 0 aliphatic carbocycles. The summed E-state index contributed by atoms with van der Waals surface area (Å²) in [5.74, 6) is -1.27. The molecule has 2 rings (SSSR count). The Morgan fingerprint density at radius 2 is 1.89 bits per heavy atom. The fourth-order valence-electron chi connectivity index (χ4n) is 2.95. The van der Waals surface area contributed by atoms with E-state index in [-0.39, 0.29) is 11.6 Å². The second-order valence-electron chi connectivity index (χ2n) is 6.61. The maximum absolute atomic E-state index is 13.0. The molecule has 1 aliphatic heterocycles. The maximum Gasteiger partial charge on any atom is 0.416 e. The number of rotatable bonds is 6. The second-order valence-corrected chi connectivity index (χ2v) is 6.61. The first-order valence-electron chi connectivity index (χ1n) is 8.64. The molecule has 6 nitrogen and oxygen atoms in total. The van der Waals surface area contributed by atoms with E-state index < -0.39 is 41.7 Å². The molecule has 0 bridgehead atoms. The van der Waals surface area contributed by atoms with Crippen LogP contribution in [0.4, 0.5) is 18.0 Å². The Morgan fingerprint density at radius 1 is 1.26 bits per heavy atom. The summed E-state index contributed by atoms with van der Waals surface area (Å²) in [5, 5.41) is 5.12. The van der Waals surface area contributed by atoms with E-state index >= 15 is 0 Å². The van der Waals surface area contributed by atoms with Crippen LogP contribution in [-0.4, -0.2) is 35.3 Å². The van der Waals surface area contributed by atoms with Gasteiger partial charge in [-0.3, -0.25) is 14.5 Å². The molecule has 0 spiro atoms. The van der Waals surface area contributed by atoms with Crippen LogP contribution in [-0.2, 0) is 21.3 Å². The van der Waals surface area contributed by atoms with Crippen molar-refractivity contribution in [3.05, 3.63) is 35.4 Å². The Kier molecular flexibility index (Phi) is 5.82. The van der Waals surface area contributed by atoms with Gasteiger partial charge < -0.3 is 10.6 Å². The van der Waals surface area contributed by atoms with Gasteiger partial charge in [0.25, 0.3) is 5.91 Å². The van der Waals surface area contributed by atoms with E-state index in [2.05, 4.69) is 10.6 Å². The second kappa shape index (κ2) is 7.58. The highest BCUT2D eigenvalue weighted by molar-refractivity contribution is 6.09. The molecule has 1 saturated heterocycles. The molecular formula is C18H22F3N3O3. The minimum Gasteiger partial charge on any atom is -0.352 e. The van der Waals surface area contributed by atoms with Crippen LogP contribution in [0, 0.1) is 0 Å². The summed E-state index contributed by atoms with van der Waals surface area (Å²) in [4.78, 5) is 37.8. The minimum atomic E-state index is -4.58. The third-order valence-electron chi connectivity index (χ3n) is 4.69. The smallest absolute Gasteiger partial charge is 0.352 e. The van der Waals surface area contributed by atoms with E-state index in [9.17, 15) is 27.6 Å². The summed E-state index contributed by atoms with van der Waals surface area (Å²) in [6.45, 7) is 4.62. The van der Waals surface area contributed by atoms with Crippen LogP contribution in [0.1, 0.15) is 44.7 Å². The number of hydrogen-bond acceptors (Lipinski definition) is 3. The van der Waals surface area contributed by atoms with E-state index in [1.165, 1.54) is 19.1 Å². The lowest BCUT2D eigenvalue weighted by atomic mass is 9.90. The molecule has 0 radical (unpaired) electrons. The highest BCUT2D eigenvalue weighted by Gasteiger charge is 2.50. The predicted molar refractivity (Wildman–Crippen MR) is 91.6 cm³/mol. The Hall–Kier alpha value is -2.58. The number of alkyl halides is 3. The Morgan fingerprint density at radius 3 is 2.44 bits per heavy atom. The van der Waals surface area contributed by atoms with Gasteiger partial charge in [0.15, 0.2) is 0 Å².